The number of carbonyl (C=O) groups excluding carboxylic acids is 1. The standard InChI is InChI=1S/C8H11NO2/c1-6(2)4-8(5-9)11-7(3)10/h8H,1,4H2,2-3H3/t8-/m0/s1. The van der Waals surface area contributed by atoms with E-state index in [1.54, 1.807) is 6.92 Å². The minimum atomic E-state index is -0.676. The van der Waals surface area contributed by atoms with Crippen molar-refractivity contribution >= 4 is 5.97 Å². The molecule has 0 fully saturated rings. The molecule has 1 atom stereocenters. The highest BCUT2D eigenvalue weighted by molar-refractivity contribution is 5.66. The molecule has 0 N–H and O–H groups in total. The highest BCUT2D eigenvalue weighted by Crippen LogP contribution is 2.04. The Kier molecular flexibility index (Phi) is 3.97. The molecular formula is C8H11NO2. The first-order chi connectivity index (χ1) is 5.06. The number of hydrogen-bond acceptors (Lipinski definition) is 3. The van der Waals surface area contributed by atoms with E-state index in [-0.39, 0.29) is 0 Å². The fourth-order valence-corrected chi connectivity index (χ4v) is 0.630. The van der Waals surface area contributed by atoms with E-state index in [9.17, 15) is 4.79 Å². The molecule has 0 aromatic carbocycles. The van der Waals surface area contributed by atoms with Gasteiger partial charge in [-0.05, 0) is 6.92 Å². The van der Waals surface area contributed by atoms with E-state index in [0.717, 1.165) is 5.57 Å². The second kappa shape index (κ2) is 4.51. The first kappa shape index (κ1) is 9.70. The quantitative estimate of drug-likeness (QED) is 0.455. The summed E-state index contributed by atoms with van der Waals surface area (Å²) in [6.07, 6.45) is -0.263. The molecule has 0 bridgehead atoms. The number of esters is 1. The van der Waals surface area contributed by atoms with E-state index in [0.29, 0.717) is 6.42 Å². The zero-order chi connectivity index (χ0) is 8.85. The number of carbonyl (C=O) groups is 1. The lowest BCUT2D eigenvalue weighted by Gasteiger charge is -2.07. The van der Waals surface area contributed by atoms with Gasteiger partial charge in [-0.15, -0.1) is 0 Å². The molecule has 0 aromatic heterocycles. The summed E-state index contributed by atoms with van der Waals surface area (Å²) >= 11 is 0. The summed E-state index contributed by atoms with van der Waals surface area (Å²) < 4.78 is 4.65. The SMILES string of the molecule is C=C(C)C[C@@H](C#N)OC(C)=O. The Balaban J connectivity index is 3.89. The number of ether oxygens (including phenoxy) is 1. The topological polar surface area (TPSA) is 50.1 Å². The Morgan fingerprint density at radius 3 is 2.55 bits per heavy atom. The first-order valence-electron chi connectivity index (χ1n) is 3.27. The van der Waals surface area contributed by atoms with Crippen LogP contribution in [0.4, 0.5) is 0 Å². The van der Waals surface area contributed by atoms with Crippen molar-refractivity contribution < 1.29 is 9.53 Å². The van der Waals surface area contributed by atoms with Gasteiger partial charge in [-0.1, -0.05) is 12.2 Å². The Hall–Kier alpha value is -1.30. The number of rotatable bonds is 3. The van der Waals surface area contributed by atoms with Gasteiger partial charge in [-0.2, -0.15) is 5.26 Å². The lowest BCUT2D eigenvalue weighted by Crippen LogP contribution is -2.13. The van der Waals surface area contributed by atoms with Crippen LogP contribution in [0, 0.1) is 11.3 Å². The maximum atomic E-state index is 10.4. The van der Waals surface area contributed by atoms with Gasteiger partial charge in [-0.25, -0.2) is 0 Å². The lowest BCUT2D eigenvalue weighted by molar-refractivity contribution is -0.143. The summed E-state index contributed by atoms with van der Waals surface area (Å²) in [6, 6.07) is 1.86. The second-order valence-corrected chi connectivity index (χ2v) is 2.39. The monoisotopic (exact) mass is 153 g/mol. The van der Waals surface area contributed by atoms with Crippen molar-refractivity contribution in [2.24, 2.45) is 0 Å². The molecule has 0 heterocycles. The molecular weight excluding hydrogens is 142 g/mol. The molecule has 0 aliphatic carbocycles. The molecule has 0 aromatic rings. The third-order valence-corrected chi connectivity index (χ3v) is 0.986. The van der Waals surface area contributed by atoms with Gasteiger partial charge in [0, 0.05) is 13.3 Å². The van der Waals surface area contributed by atoms with Crippen molar-refractivity contribution in [2.75, 3.05) is 0 Å². The van der Waals surface area contributed by atoms with Gasteiger partial charge in [0.1, 0.15) is 6.07 Å². The van der Waals surface area contributed by atoms with Crippen LogP contribution < -0.4 is 0 Å². The van der Waals surface area contributed by atoms with Crippen LogP contribution in [-0.2, 0) is 9.53 Å². The van der Waals surface area contributed by atoms with Crippen molar-refractivity contribution in [3.05, 3.63) is 12.2 Å². The molecule has 0 aliphatic rings. The molecule has 11 heavy (non-hydrogen) atoms. The predicted octanol–water partition coefficient (Wildman–Crippen LogP) is 1.41. The normalized spacial score (nSPS) is 11.4. The molecule has 0 rings (SSSR count). The smallest absolute Gasteiger partial charge is 0.303 e. The van der Waals surface area contributed by atoms with Crippen molar-refractivity contribution in [3.63, 3.8) is 0 Å². The zero-order valence-electron chi connectivity index (χ0n) is 6.76. The average molecular weight is 153 g/mol. The lowest BCUT2D eigenvalue weighted by atomic mass is 10.2. The van der Waals surface area contributed by atoms with Crippen LogP contribution in [0.3, 0.4) is 0 Å². The van der Waals surface area contributed by atoms with Gasteiger partial charge in [0.05, 0.1) is 0 Å². The fourth-order valence-electron chi connectivity index (χ4n) is 0.630. The number of nitrogens with zero attached hydrogens (tertiary/aromatic N) is 1. The largest absolute Gasteiger partial charge is 0.447 e. The predicted molar refractivity (Wildman–Crippen MR) is 40.6 cm³/mol. The minimum Gasteiger partial charge on any atom is -0.447 e. The van der Waals surface area contributed by atoms with Gasteiger partial charge in [0.25, 0.3) is 0 Å². The molecule has 0 unspecified atom stereocenters. The maximum Gasteiger partial charge on any atom is 0.303 e. The summed E-state index contributed by atoms with van der Waals surface area (Å²) in [5.41, 5.74) is 0.831. The molecule has 0 saturated carbocycles. The van der Waals surface area contributed by atoms with Crippen molar-refractivity contribution in [2.45, 2.75) is 26.4 Å². The first-order valence-corrected chi connectivity index (χ1v) is 3.27. The Labute approximate surface area is 66.3 Å². The molecule has 0 aliphatic heterocycles. The summed E-state index contributed by atoms with van der Waals surface area (Å²) in [5, 5.41) is 8.46. The van der Waals surface area contributed by atoms with E-state index in [2.05, 4.69) is 11.3 Å². The third kappa shape index (κ3) is 5.16. The van der Waals surface area contributed by atoms with Crippen LogP contribution in [0.15, 0.2) is 12.2 Å². The summed E-state index contributed by atoms with van der Waals surface area (Å²) in [5.74, 6) is -0.433. The summed E-state index contributed by atoms with van der Waals surface area (Å²) in [6.45, 7) is 6.67. The molecule has 60 valence electrons. The Bertz CT molecular complexity index is 187. The second-order valence-electron chi connectivity index (χ2n) is 2.39. The molecule has 3 heteroatoms. The third-order valence-electron chi connectivity index (χ3n) is 0.986. The molecule has 0 amide bonds. The van der Waals surface area contributed by atoms with Gasteiger partial charge >= 0.3 is 5.97 Å². The van der Waals surface area contributed by atoms with E-state index in [1.165, 1.54) is 6.92 Å². The van der Waals surface area contributed by atoms with Crippen molar-refractivity contribution in [3.8, 4) is 6.07 Å². The zero-order valence-corrected chi connectivity index (χ0v) is 6.76. The van der Waals surface area contributed by atoms with E-state index in [4.69, 9.17) is 5.26 Å². The molecule has 0 saturated heterocycles. The van der Waals surface area contributed by atoms with Crippen molar-refractivity contribution in [1.29, 1.82) is 5.26 Å². The summed E-state index contributed by atoms with van der Waals surface area (Å²) in [4.78, 5) is 10.4. The maximum absolute atomic E-state index is 10.4. The molecule has 0 radical (unpaired) electrons. The Morgan fingerprint density at radius 2 is 2.27 bits per heavy atom. The van der Waals surface area contributed by atoms with Crippen LogP contribution in [0.25, 0.3) is 0 Å². The van der Waals surface area contributed by atoms with Crippen LogP contribution in [-0.4, -0.2) is 12.1 Å². The van der Waals surface area contributed by atoms with Gasteiger partial charge in [0.15, 0.2) is 6.10 Å². The van der Waals surface area contributed by atoms with E-state index >= 15 is 0 Å². The Morgan fingerprint density at radius 1 is 1.73 bits per heavy atom. The fraction of sp³-hybridized carbons (Fsp3) is 0.500. The van der Waals surface area contributed by atoms with Crippen molar-refractivity contribution in [1.82, 2.24) is 0 Å². The van der Waals surface area contributed by atoms with E-state index in [1.807, 2.05) is 6.07 Å². The van der Waals surface area contributed by atoms with Gasteiger partial charge in [0.2, 0.25) is 0 Å². The number of hydrogen-bond donors (Lipinski definition) is 0. The van der Waals surface area contributed by atoms with Crippen LogP contribution in [0.1, 0.15) is 20.3 Å². The van der Waals surface area contributed by atoms with E-state index < -0.39 is 12.1 Å². The average Bonchev–Trinajstić information content (AvgIpc) is 1.84. The van der Waals surface area contributed by atoms with Crippen LogP contribution in [0.2, 0.25) is 0 Å². The highest BCUT2D eigenvalue weighted by Gasteiger charge is 2.09. The highest BCUT2D eigenvalue weighted by atomic mass is 16.5. The van der Waals surface area contributed by atoms with Gasteiger partial charge < -0.3 is 4.74 Å². The molecule has 3 nitrogen and oxygen atoms in total. The summed E-state index contributed by atoms with van der Waals surface area (Å²) in [7, 11) is 0. The van der Waals surface area contributed by atoms with Crippen LogP contribution in [0.5, 0.6) is 0 Å². The number of nitriles is 1. The minimum absolute atomic E-state index is 0.413. The van der Waals surface area contributed by atoms with Gasteiger partial charge in [-0.3, -0.25) is 4.79 Å². The van der Waals surface area contributed by atoms with Crippen LogP contribution >= 0.6 is 0 Å². The molecule has 0 spiro atoms.